The van der Waals surface area contributed by atoms with E-state index in [9.17, 15) is 14.0 Å². The Hall–Kier alpha value is -0.990. The number of nitrogens with zero attached hydrogens (tertiary/aromatic N) is 1. The van der Waals surface area contributed by atoms with Gasteiger partial charge in [0.1, 0.15) is 18.5 Å². The molecule has 94 valence electrons. The molecule has 2 N–H and O–H groups in total. The van der Waals surface area contributed by atoms with Crippen molar-refractivity contribution < 1.29 is 14.2 Å². The number of ether oxygens (including phenoxy) is 1. The van der Waals surface area contributed by atoms with E-state index in [2.05, 4.69) is 20.9 Å². The zero-order valence-electron chi connectivity index (χ0n) is 8.60. The van der Waals surface area contributed by atoms with Gasteiger partial charge >= 0.3 is 5.69 Å². The molecule has 0 aromatic carbocycles. The summed E-state index contributed by atoms with van der Waals surface area (Å²) in [6.45, 7) is -0.447. The Balaban J connectivity index is 2.34. The van der Waals surface area contributed by atoms with Crippen molar-refractivity contribution in [3.05, 3.63) is 31.5 Å². The summed E-state index contributed by atoms with van der Waals surface area (Å²) in [7, 11) is 0. The van der Waals surface area contributed by atoms with Crippen molar-refractivity contribution in [1.82, 2.24) is 9.55 Å². The fourth-order valence-corrected chi connectivity index (χ4v) is 2.02. The number of aromatic nitrogens is 2. The molecule has 17 heavy (non-hydrogen) atoms. The highest BCUT2D eigenvalue weighted by Crippen LogP contribution is 2.29. The maximum absolute atomic E-state index is 13.4. The molecule has 2 heterocycles. The maximum Gasteiger partial charge on any atom is 0.330 e. The molecule has 0 unspecified atom stereocenters. The van der Waals surface area contributed by atoms with Crippen LogP contribution in [0.3, 0.4) is 0 Å². The number of alkyl halides is 1. The molecule has 1 saturated heterocycles. The zero-order valence-corrected chi connectivity index (χ0v) is 10.2. The Bertz CT molecular complexity index is 528. The Kier molecular flexibility index (Phi) is 3.45. The summed E-state index contributed by atoms with van der Waals surface area (Å²) in [5.74, 6) is 0. The number of aliphatic hydroxyl groups is 1. The highest BCUT2D eigenvalue weighted by molar-refractivity contribution is 9.10. The van der Waals surface area contributed by atoms with E-state index in [0.29, 0.717) is 0 Å². The number of aromatic amines is 1. The third-order valence-corrected chi connectivity index (χ3v) is 3.14. The number of hydrogen-bond acceptors (Lipinski definition) is 4. The number of halogens is 2. The first kappa shape index (κ1) is 12.5. The molecule has 1 aromatic rings. The lowest BCUT2D eigenvalue weighted by Crippen LogP contribution is -2.32. The van der Waals surface area contributed by atoms with Crippen LogP contribution in [0.25, 0.3) is 0 Å². The average Bonchev–Trinajstić information content (AvgIpc) is 2.65. The SMILES string of the molecule is O=c1[nH]c(=O)n([C@H]2C[C@H]([18F])[C@@H](CO)O2)cc1Br. The smallest absolute Gasteiger partial charge is 0.330 e. The van der Waals surface area contributed by atoms with E-state index in [1.54, 1.807) is 0 Å². The second kappa shape index (κ2) is 4.71. The van der Waals surface area contributed by atoms with Crippen LogP contribution in [0.4, 0.5) is 4.39 Å². The Morgan fingerprint density at radius 3 is 2.94 bits per heavy atom. The fraction of sp³-hybridized carbons (Fsp3) is 0.556. The van der Waals surface area contributed by atoms with E-state index >= 15 is 0 Å². The molecule has 1 aliphatic rings. The lowest BCUT2D eigenvalue weighted by atomic mass is 10.2. The van der Waals surface area contributed by atoms with Crippen LogP contribution in [0.5, 0.6) is 0 Å². The summed E-state index contributed by atoms with van der Waals surface area (Å²) in [6.07, 6.45) is -1.87. The van der Waals surface area contributed by atoms with Gasteiger partial charge in [0.15, 0.2) is 0 Å². The van der Waals surface area contributed by atoms with Crippen LogP contribution in [0.1, 0.15) is 12.6 Å². The largest absolute Gasteiger partial charge is 0.394 e. The van der Waals surface area contributed by atoms with Gasteiger partial charge in [0.05, 0.1) is 11.1 Å². The summed E-state index contributed by atoms with van der Waals surface area (Å²) >= 11 is 2.97. The van der Waals surface area contributed by atoms with Crippen LogP contribution < -0.4 is 11.2 Å². The Labute approximate surface area is 103 Å². The van der Waals surface area contributed by atoms with Gasteiger partial charge in [0, 0.05) is 12.6 Å². The third kappa shape index (κ3) is 2.33. The van der Waals surface area contributed by atoms with E-state index in [-0.39, 0.29) is 10.9 Å². The molecule has 0 amide bonds. The van der Waals surface area contributed by atoms with Gasteiger partial charge in [-0.15, -0.1) is 0 Å². The van der Waals surface area contributed by atoms with Crippen molar-refractivity contribution in [3.8, 4) is 0 Å². The van der Waals surface area contributed by atoms with Crippen molar-refractivity contribution >= 4 is 15.9 Å². The predicted octanol–water partition coefficient (Wildman–Crippen LogP) is -0.0830. The van der Waals surface area contributed by atoms with Crippen molar-refractivity contribution in [1.29, 1.82) is 0 Å². The molecule has 0 spiro atoms. The minimum Gasteiger partial charge on any atom is -0.394 e. The molecule has 2 rings (SSSR count). The minimum atomic E-state index is -1.33. The maximum atomic E-state index is 13.4. The topological polar surface area (TPSA) is 84.3 Å². The monoisotopic (exact) mass is 307 g/mol. The van der Waals surface area contributed by atoms with Gasteiger partial charge in [-0.2, -0.15) is 0 Å². The second-order valence-corrected chi connectivity index (χ2v) is 4.56. The van der Waals surface area contributed by atoms with Crippen LogP contribution in [0, 0.1) is 0 Å². The number of H-pyrrole nitrogens is 1. The van der Waals surface area contributed by atoms with Crippen LogP contribution >= 0.6 is 15.9 Å². The molecule has 0 radical (unpaired) electrons. The molecule has 3 atom stereocenters. The fourth-order valence-electron chi connectivity index (χ4n) is 1.70. The quantitative estimate of drug-likeness (QED) is 0.800. The van der Waals surface area contributed by atoms with Crippen LogP contribution in [-0.4, -0.2) is 33.5 Å². The molecule has 0 aliphatic carbocycles. The molecule has 6 nitrogen and oxygen atoms in total. The van der Waals surface area contributed by atoms with Gasteiger partial charge < -0.3 is 9.84 Å². The standard InChI is InChI=1S/C9H10BrFN2O4/c10-4-2-13(9(16)12-8(4)15)7-1-5(11)6(3-14)17-7/h2,5-7,14H,1,3H2,(H,12,15,16)/t5-,6+,7+/m0/s1/i11-1. The van der Waals surface area contributed by atoms with Crippen molar-refractivity contribution in [2.75, 3.05) is 6.61 Å². The number of hydrogen-bond donors (Lipinski definition) is 2. The normalized spacial score (nSPS) is 28.5. The first-order valence-electron chi connectivity index (χ1n) is 4.94. The molecule has 0 bridgehead atoms. The van der Waals surface area contributed by atoms with Crippen LogP contribution in [0.15, 0.2) is 20.3 Å². The van der Waals surface area contributed by atoms with E-state index in [1.165, 1.54) is 6.20 Å². The minimum absolute atomic E-state index is 0.0381. The molecule has 1 fully saturated rings. The average molecular weight is 308 g/mol. The summed E-state index contributed by atoms with van der Waals surface area (Å²) in [6, 6.07) is 0. The zero-order chi connectivity index (χ0) is 12.6. The van der Waals surface area contributed by atoms with E-state index in [4.69, 9.17) is 9.84 Å². The summed E-state index contributed by atoms with van der Waals surface area (Å²) in [4.78, 5) is 24.7. The predicted molar refractivity (Wildman–Crippen MR) is 59.5 cm³/mol. The van der Waals surface area contributed by atoms with Gasteiger partial charge in [-0.05, 0) is 15.9 Å². The molecule has 0 saturated carbocycles. The van der Waals surface area contributed by atoms with Crippen LogP contribution in [0.2, 0.25) is 0 Å². The van der Waals surface area contributed by atoms with Gasteiger partial charge in [-0.25, -0.2) is 9.18 Å². The van der Waals surface area contributed by atoms with Crippen molar-refractivity contribution in [3.63, 3.8) is 0 Å². The highest BCUT2D eigenvalue weighted by atomic mass is 79.9. The highest BCUT2D eigenvalue weighted by Gasteiger charge is 2.36. The third-order valence-electron chi connectivity index (χ3n) is 2.58. The van der Waals surface area contributed by atoms with Gasteiger partial charge in [-0.1, -0.05) is 0 Å². The van der Waals surface area contributed by atoms with Crippen molar-refractivity contribution in [2.45, 2.75) is 24.9 Å². The summed E-state index contributed by atoms with van der Waals surface area (Å²) in [5, 5.41) is 8.85. The molecule has 1 aliphatic heterocycles. The number of aliphatic hydroxyl groups excluding tert-OH is 1. The first-order valence-corrected chi connectivity index (χ1v) is 5.73. The summed E-state index contributed by atoms with van der Waals surface area (Å²) in [5.41, 5.74) is -1.23. The first-order chi connectivity index (χ1) is 8.02. The lowest BCUT2D eigenvalue weighted by Gasteiger charge is -2.14. The Morgan fingerprint density at radius 1 is 1.65 bits per heavy atom. The lowest BCUT2D eigenvalue weighted by molar-refractivity contribution is -0.0356. The molecular formula is C9H10BrFN2O4. The molecule has 1 aromatic heterocycles. The van der Waals surface area contributed by atoms with Crippen LogP contribution in [-0.2, 0) is 4.74 Å². The number of nitrogens with one attached hydrogen (secondary N) is 1. The summed E-state index contributed by atoms with van der Waals surface area (Å²) < 4.78 is 19.8. The molecular weight excluding hydrogens is 298 g/mol. The van der Waals surface area contributed by atoms with Gasteiger partial charge in [0.2, 0.25) is 0 Å². The van der Waals surface area contributed by atoms with E-state index in [1.807, 2.05) is 0 Å². The molecule has 8 heteroatoms. The van der Waals surface area contributed by atoms with E-state index in [0.717, 1.165) is 4.57 Å². The van der Waals surface area contributed by atoms with Gasteiger partial charge in [-0.3, -0.25) is 14.3 Å². The van der Waals surface area contributed by atoms with Crippen molar-refractivity contribution in [2.24, 2.45) is 0 Å². The van der Waals surface area contributed by atoms with Gasteiger partial charge in [0.25, 0.3) is 5.56 Å². The van der Waals surface area contributed by atoms with E-state index < -0.39 is 36.4 Å². The Morgan fingerprint density at radius 2 is 2.35 bits per heavy atom. The second-order valence-electron chi connectivity index (χ2n) is 3.71. The number of rotatable bonds is 2.